The number of nitrogens with zero attached hydrogens (tertiary/aromatic N) is 3. The molecule has 0 spiro atoms. The van der Waals surface area contributed by atoms with E-state index in [4.69, 9.17) is 0 Å². The van der Waals surface area contributed by atoms with Gasteiger partial charge < -0.3 is 10.4 Å². The molecule has 0 radical (unpaired) electrons. The monoisotopic (exact) mass is 488 g/mol. The lowest BCUT2D eigenvalue weighted by molar-refractivity contribution is -0.138. The van der Waals surface area contributed by atoms with E-state index in [1.165, 1.54) is 23.1 Å². The van der Waals surface area contributed by atoms with Crippen LogP contribution < -0.4 is 5.32 Å². The normalized spacial score (nSPS) is 17.6. The summed E-state index contributed by atoms with van der Waals surface area (Å²) >= 11 is 0. The molecule has 0 bridgehead atoms. The van der Waals surface area contributed by atoms with Gasteiger partial charge >= 0.3 is 18.4 Å². The van der Waals surface area contributed by atoms with E-state index in [0.717, 1.165) is 35.2 Å². The lowest BCUT2D eigenvalue weighted by atomic mass is 10.1. The summed E-state index contributed by atoms with van der Waals surface area (Å²) < 4.78 is 77.9. The third-order valence-electron chi connectivity index (χ3n) is 4.99. The van der Waals surface area contributed by atoms with Crippen molar-refractivity contribution in [1.29, 1.82) is 0 Å². The predicted molar refractivity (Wildman–Crippen MR) is 112 cm³/mol. The highest BCUT2D eigenvalue weighted by molar-refractivity contribution is 6.02. The minimum absolute atomic E-state index is 0.0461. The van der Waals surface area contributed by atoms with Crippen LogP contribution in [0.2, 0.25) is 0 Å². The Bertz CT molecular complexity index is 1070. The smallest absolute Gasteiger partial charge is 0.356 e. The first kappa shape index (κ1) is 25.3. The Labute approximate surface area is 191 Å². The van der Waals surface area contributed by atoms with E-state index in [-0.39, 0.29) is 18.2 Å². The van der Waals surface area contributed by atoms with Gasteiger partial charge in [-0.25, -0.2) is 4.79 Å². The molecule has 3 rings (SSSR count). The first-order valence-corrected chi connectivity index (χ1v) is 10.0. The number of aliphatic imine (C=N–C) groups is 1. The van der Waals surface area contributed by atoms with Gasteiger partial charge in [-0.1, -0.05) is 18.2 Å². The summed E-state index contributed by atoms with van der Waals surface area (Å²) in [5.41, 5.74) is -2.39. The molecular weight excluding hydrogens is 466 g/mol. The molecule has 2 amide bonds. The summed E-state index contributed by atoms with van der Waals surface area (Å²) in [7, 11) is 0. The number of rotatable bonds is 3. The zero-order chi connectivity index (χ0) is 25.5. The molecule has 1 heterocycles. The van der Waals surface area contributed by atoms with Crippen molar-refractivity contribution >= 4 is 17.7 Å². The number of hydrogen-bond acceptors (Lipinski definition) is 4. The summed E-state index contributed by atoms with van der Waals surface area (Å²) in [5.74, 6) is -0.253. The number of benzene rings is 2. The number of guanidine groups is 1. The predicted octanol–water partition coefficient (Wildman–Crippen LogP) is 5.50. The molecule has 2 aromatic carbocycles. The summed E-state index contributed by atoms with van der Waals surface area (Å²) in [4.78, 5) is 18.8. The Morgan fingerprint density at radius 3 is 2.06 bits per heavy atom. The minimum Gasteiger partial charge on any atom is -0.356 e. The second-order valence-corrected chi connectivity index (χ2v) is 8.63. The Hall–Kier alpha value is -3.28. The van der Waals surface area contributed by atoms with Gasteiger partial charge in [0.1, 0.15) is 0 Å². The van der Waals surface area contributed by atoms with Crippen LogP contribution in [0, 0.1) is 0 Å². The van der Waals surface area contributed by atoms with Crippen LogP contribution in [0.1, 0.15) is 37.5 Å². The van der Waals surface area contributed by atoms with Gasteiger partial charge in [0.05, 0.1) is 17.7 Å². The van der Waals surface area contributed by atoms with Gasteiger partial charge in [0, 0.05) is 11.2 Å². The highest BCUT2D eigenvalue weighted by Gasteiger charge is 2.41. The number of aliphatic hydroxyl groups excluding tert-OH is 1. The number of carbonyl (C=O) groups excluding carboxylic acids is 1. The molecule has 34 heavy (non-hydrogen) atoms. The molecule has 1 aliphatic heterocycles. The first-order chi connectivity index (χ1) is 15.6. The van der Waals surface area contributed by atoms with Gasteiger partial charge in [-0.15, -0.1) is 0 Å². The third kappa shape index (κ3) is 5.61. The van der Waals surface area contributed by atoms with Gasteiger partial charge in [-0.3, -0.25) is 9.80 Å². The van der Waals surface area contributed by atoms with Gasteiger partial charge in [0.25, 0.3) is 0 Å². The molecule has 12 heteroatoms. The van der Waals surface area contributed by atoms with Crippen molar-refractivity contribution in [3.63, 3.8) is 0 Å². The summed E-state index contributed by atoms with van der Waals surface area (Å²) in [6.07, 6.45) is -10.7. The van der Waals surface area contributed by atoms with E-state index in [9.17, 15) is 36.2 Å². The molecule has 1 aliphatic rings. The van der Waals surface area contributed by atoms with Crippen LogP contribution >= 0.6 is 0 Å². The number of amides is 2. The summed E-state index contributed by atoms with van der Waals surface area (Å²) in [5, 5.41) is 13.6. The zero-order valence-corrected chi connectivity index (χ0v) is 18.4. The Balaban J connectivity index is 1.97. The molecule has 0 saturated heterocycles. The van der Waals surface area contributed by atoms with E-state index < -0.39 is 41.4 Å². The van der Waals surface area contributed by atoms with Crippen molar-refractivity contribution in [3.05, 3.63) is 65.2 Å². The van der Waals surface area contributed by atoms with Crippen molar-refractivity contribution in [1.82, 2.24) is 9.80 Å². The fourth-order valence-electron chi connectivity index (χ4n) is 3.34. The van der Waals surface area contributed by atoms with Gasteiger partial charge in [-0.2, -0.15) is 31.3 Å². The maximum Gasteiger partial charge on any atom is 0.416 e. The molecule has 0 fully saturated rings. The van der Waals surface area contributed by atoms with Gasteiger partial charge in [-0.05, 0) is 56.7 Å². The topological polar surface area (TPSA) is 68.2 Å². The first-order valence-electron chi connectivity index (χ1n) is 10.0. The molecule has 0 aromatic heterocycles. The van der Waals surface area contributed by atoms with Crippen molar-refractivity contribution in [2.45, 2.75) is 51.6 Å². The molecule has 6 nitrogen and oxygen atoms in total. The highest BCUT2D eigenvalue weighted by Crippen LogP contribution is 2.32. The van der Waals surface area contributed by atoms with Crippen molar-refractivity contribution < 1.29 is 36.2 Å². The van der Waals surface area contributed by atoms with Gasteiger partial charge in [0.15, 0.2) is 0 Å². The maximum atomic E-state index is 13.1. The lowest BCUT2D eigenvalue weighted by Crippen LogP contribution is -2.63. The van der Waals surface area contributed by atoms with Crippen LogP contribution in [0.25, 0.3) is 0 Å². The number of hydrogen-bond donors (Lipinski definition) is 2. The molecule has 1 unspecified atom stereocenters. The standard InChI is InChI=1S/C22H22F6N4O2/c1-20(2,3)32-18(33)30-17(29-16-6-4-5-15(11-16)22(26,27)28)31(19(32)34)12-13-7-9-14(10-8-13)21(23,24)25/h4-11,19,34H,12H2,1-3H3,(H,29,30,33). The van der Waals surface area contributed by atoms with Crippen molar-refractivity contribution in [2.24, 2.45) is 4.99 Å². The highest BCUT2D eigenvalue weighted by atomic mass is 19.4. The van der Waals surface area contributed by atoms with Gasteiger partial charge in [0.2, 0.25) is 12.3 Å². The number of nitrogens with one attached hydrogen (secondary N) is 1. The molecule has 184 valence electrons. The zero-order valence-electron chi connectivity index (χ0n) is 18.4. The molecule has 0 saturated carbocycles. The molecule has 0 aliphatic carbocycles. The second-order valence-electron chi connectivity index (χ2n) is 8.63. The van der Waals surface area contributed by atoms with E-state index >= 15 is 0 Å². The lowest BCUT2D eigenvalue weighted by Gasteiger charge is -2.46. The number of anilines is 1. The van der Waals surface area contributed by atoms with Crippen LogP contribution in [-0.2, 0) is 18.9 Å². The van der Waals surface area contributed by atoms with E-state index in [2.05, 4.69) is 10.3 Å². The largest absolute Gasteiger partial charge is 0.416 e. The number of carbonyl (C=O) groups is 1. The van der Waals surface area contributed by atoms with E-state index in [1.807, 2.05) is 0 Å². The van der Waals surface area contributed by atoms with Crippen molar-refractivity contribution in [2.75, 3.05) is 5.32 Å². The van der Waals surface area contributed by atoms with E-state index in [1.54, 1.807) is 20.8 Å². The number of aliphatic hydroxyl groups is 1. The Morgan fingerprint density at radius 1 is 0.941 bits per heavy atom. The number of alkyl halides is 6. The third-order valence-corrected chi connectivity index (χ3v) is 4.99. The van der Waals surface area contributed by atoms with Crippen molar-refractivity contribution in [3.8, 4) is 0 Å². The minimum atomic E-state index is -4.61. The van der Waals surface area contributed by atoms with Crippen LogP contribution in [0.4, 0.5) is 36.8 Å². The average Bonchev–Trinajstić information content (AvgIpc) is 2.69. The SMILES string of the molecule is CC(C)(C)N1C(=O)N=C(Nc2cccc(C(F)(F)F)c2)N(Cc2ccc(C(F)(F)F)cc2)C1O. The second kappa shape index (κ2) is 8.82. The average molecular weight is 488 g/mol. The Morgan fingerprint density at radius 2 is 1.53 bits per heavy atom. The summed E-state index contributed by atoms with van der Waals surface area (Å²) in [6, 6.07) is 7.48. The Kier molecular flexibility index (Phi) is 6.57. The molecular formula is C22H22F6N4O2. The number of urea groups is 1. The fraction of sp³-hybridized carbons (Fsp3) is 0.364. The van der Waals surface area contributed by atoms with Crippen LogP contribution in [-0.4, -0.2) is 38.8 Å². The summed E-state index contributed by atoms with van der Waals surface area (Å²) in [6.45, 7) is 4.74. The quantitative estimate of drug-likeness (QED) is 0.560. The molecule has 2 N–H and O–H groups in total. The van der Waals surface area contributed by atoms with Crippen LogP contribution in [0.15, 0.2) is 53.5 Å². The van der Waals surface area contributed by atoms with Crippen LogP contribution in [0.5, 0.6) is 0 Å². The molecule has 2 aromatic rings. The van der Waals surface area contributed by atoms with Crippen LogP contribution in [0.3, 0.4) is 0 Å². The fourth-order valence-corrected chi connectivity index (χ4v) is 3.34. The number of halogens is 6. The molecule has 1 atom stereocenters. The maximum absolute atomic E-state index is 13.1. The van der Waals surface area contributed by atoms with E-state index in [0.29, 0.717) is 5.56 Å².